The van der Waals surface area contributed by atoms with Gasteiger partial charge in [-0.3, -0.25) is 4.79 Å². The van der Waals surface area contributed by atoms with Crippen LogP contribution in [0.15, 0.2) is 24.3 Å². The van der Waals surface area contributed by atoms with E-state index in [-0.39, 0.29) is 11.9 Å². The molecule has 0 saturated carbocycles. The van der Waals surface area contributed by atoms with Crippen LogP contribution < -0.4 is 11.1 Å². The van der Waals surface area contributed by atoms with E-state index in [0.717, 1.165) is 22.9 Å². The number of hydrogen-bond donors (Lipinski definition) is 2. The summed E-state index contributed by atoms with van der Waals surface area (Å²) in [6.07, 6.45) is 2.12. The zero-order valence-corrected chi connectivity index (χ0v) is 13.2. The predicted molar refractivity (Wildman–Crippen MR) is 85.3 cm³/mol. The minimum absolute atomic E-state index is 0.00485. The third kappa shape index (κ3) is 4.99. The molecule has 5 nitrogen and oxygen atoms in total. The Balaban J connectivity index is 1.73. The quantitative estimate of drug-likeness (QED) is 0.856. The summed E-state index contributed by atoms with van der Waals surface area (Å²) >= 11 is 7.12. The SMILES string of the molecule is CC(NC(=O)CCCc1ccc(Cl)cc1)c1nnc(N)s1. The van der Waals surface area contributed by atoms with Crippen LogP contribution in [0.4, 0.5) is 5.13 Å². The maximum absolute atomic E-state index is 11.9. The topological polar surface area (TPSA) is 80.9 Å². The number of benzene rings is 1. The molecule has 21 heavy (non-hydrogen) atoms. The van der Waals surface area contributed by atoms with Gasteiger partial charge < -0.3 is 11.1 Å². The molecule has 1 heterocycles. The van der Waals surface area contributed by atoms with E-state index in [2.05, 4.69) is 15.5 Å². The number of rotatable bonds is 6. The highest BCUT2D eigenvalue weighted by atomic mass is 35.5. The average molecular weight is 325 g/mol. The summed E-state index contributed by atoms with van der Waals surface area (Å²) in [5.74, 6) is 0.00485. The van der Waals surface area contributed by atoms with Gasteiger partial charge in [0.05, 0.1) is 6.04 Å². The third-order valence-corrected chi connectivity index (χ3v) is 4.17. The fourth-order valence-electron chi connectivity index (χ4n) is 1.90. The molecule has 2 aromatic rings. The number of carbonyl (C=O) groups excluding carboxylic acids is 1. The number of aryl methyl sites for hydroxylation is 1. The summed E-state index contributed by atoms with van der Waals surface area (Å²) in [7, 11) is 0. The van der Waals surface area contributed by atoms with E-state index >= 15 is 0 Å². The van der Waals surface area contributed by atoms with Crippen LogP contribution >= 0.6 is 22.9 Å². The smallest absolute Gasteiger partial charge is 0.220 e. The van der Waals surface area contributed by atoms with Gasteiger partial charge in [0.25, 0.3) is 0 Å². The van der Waals surface area contributed by atoms with Crippen molar-refractivity contribution in [2.45, 2.75) is 32.2 Å². The van der Waals surface area contributed by atoms with Gasteiger partial charge in [-0.15, -0.1) is 10.2 Å². The maximum atomic E-state index is 11.9. The maximum Gasteiger partial charge on any atom is 0.220 e. The molecule has 1 atom stereocenters. The highest BCUT2D eigenvalue weighted by Gasteiger charge is 2.13. The van der Waals surface area contributed by atoms with E-state index in [9.17, 15) is 4.79 Å². The molecule has 0 aliphatic heterocycles. The minimum Gasteiger partial charge on any atom is -0.374 e. The molecule has 112 valence electrons. The summed E-state index contributed by atoms with van der Waals surface area (Å²) in [5.41, 5.74) is 6.70. The molecule has 0 saturated heterocycles. The predicted octanol–water partition coefficient (Wildman–Crippen LogP) is 2.97. The molecular formula is C14H17ClN4OS. The Morgan fingerprint density at radius 2 is 2.10 bits per heavy atom. The van der Waals surface area contributed by atoms with Gasteiger partial charge in [0.1, 0.15) is 5.01 Å². The van der Waals surface area contributed by atoms with Crippen LogP contribution in [0.2, 0.25) is 5.02 Å². The van der Waals surface area contributed by atoms with Crippen LogP contribution in [0.5, 0.6) is 0 Å². The second-order valence-corrected chi connectivity index (χ2v) is 6.22. The number of nitrogens with one attached hydrogen (secondary N) is 1. The van der Waals surface area contributed by atoms with E-state index in [0.29, 0.717) is 11.6 Å². The Kier molecular flexibility index (Phi) is 5.52. The lowest BCUT2D eigenvalue weighted by atomic mass is 10.1. The number of aromatic nitrogens is 2. The molecule has 0 fully saturated rings. The molecule has 1 unspecified atom stereocenters. The second kappa shape index (κ2) is 7.38. The normalized spacial score (nSPS) is 12.1. The fraction of sp³-hybridized carbons (Fsp3) is 0.357. The molecule has 0 aliphatic carbocycles. The average Bonchev–Trinajstić information content (AvgIpc) is 2.88. The monoisotopic (exact) mass is 324 g/mol. The molecular weight excluding hydrogens is 308 g/mol. The van der Waals surface area contributed by atoms with Crippen molar-refractivity contribution < 1.29 is 4.79 Å². The van der Waals surface area contributed by atoms with Gasteiger partial charge in [0.2, 0.25) is 11.0 Å². The Morgan fingerprint density at radius 1 is 1.38 bits per heavy atom. The molecule has 0 aliphatic rings. The number of amides is 1. The Labute approximate surface area is 132 Å². The van der Waals surface area contributed by atoms with Crippen LogP contribution in [0.3, 0.4) is 0 Å². The van der Waals surface area contributed by atoms with E-state index in [1.54, 1.807) is 0 Å². The molecule has 3 N–H and O–H groups in total. The summed E-state index contributed by atoms with van der Waals surface area (Å²) in [5, 5.41) is 12.4. The van der Waals surface area contributed by atoms with E-state index in [4.69, 9.17) is 17.3 Å². The summed E-state index contributed by atoms with van der Waals surface area (Å²) in [4.78, 5) is 11.9. The Bertz CT molecular complexity index is 599. The van der Waals surface area contributed by atoms with Gasteiger partial charge in [-0.05, 0) is 37.5 Å². The number of anilines is 1. The van der Waals surface area contributed by atoms with Gasteiger partial charge in [0, 0.05) is 11.4 Å². The van der Waals surface area contributed by atoms with Crippen LogP contribution in [-0.4, -0.2) is 16.1 Å². The standard InChI is InChI=1S/C14H17ClN4OS/c1-9(13-18-19-14(16)21-13)17-12(20)4-2-3-10-5-7-11(15)8-6-10/h5-9H,2-4H2,1H3,(H2,16,19)(H,17,20). The molecule has 1 aromatic carbocycles. The number of carbonyl (C=O) groups is 1. The Morgan fingerprint density at radius 3 is 2.71 bits per heavy atom. The number of nitrogens with zero attached hydrogens (tertiary/aromatic N) is 2. The van der Waals surface area contributed by atoms with Gasteiger partial charge in [-0.2, -0.15) is 0 Å². The number of halogens is 1. The molecule has 0 spiro atoms. The van der Waals surface area contributed by atoms with E-state index in [1.165, 1.54) is 16.9 Å². The van der Waals surface area contributed by atoms with Crippen LogP contribution in [0.1, 0.15) is 36.4 Å². The van der Waals surface area contributed by atoms with Gasteiger partial charge >= 0.3 is 0 Å². The van der Waals surface area contributed by atoms with Crippen molar-refractivity contribution in [3.63, 3.8) is 0 Å². The summed E-state index contributed by atoms with van der Waals surface area (Å²) < 4.78 is 0. The molecule has 0 radical (unpaired) electrons. The first-order valence-electron chi connectivity index (χ1n) is 6.67. The zero-order valence-electron chi connectivity index (χ0n) is 11.7. The van der Waals surface area contributed by atoms with Crippen LogP contribution in [0.25, 0.3) is 0 Å². The number of hydrogen-bond acceptors (Lipinski definition) is 5. The highest BCUT2D eigenvalue weighted by molar-refractivity contribution is 7.15. The second-order valence-electron chi connectivity index (χ2n) is 4.75. The highest BCUT2D eigenvalue weighted by Crippen LogP contribution is 2.19. The van der Waals surface area contributed by atoms with Crippen molar-refractivity contribution >= 4 is 34.0 Å². The lowest BCUT2D eigenvalue weighted by Gasteiger charge is -2.10. The van der Waals surface area contributed by atoms with E-state index in [1.807, 2.05) is 31.2 Å². The first-order valence-corrected chi connectivity index (χ1v) is 7.86. The van der Waals surface area contributed by atoms with Crippen molar-refractivity contribution in [2.75, 3.05) is 5.73 Å². The van der Waals surface area contributed by atoms with Gasteiger partial charge in [-0.1, -0.05) is 35.1 Å². The number of nitrogen functional groups attached to an aromatic ring is 1. The first kappa shape index (κ1) is 15.7. The van der Waals surface area contributed by atoms with Crippen molar-refractivity contribution in [2.24, 2.45) is 0 Å². The lowest BCUT2D eigenvalue weighted by molar-refractivity contribution is -0.121. The molecule has 1 aromatic heterocycles. The van der Waals surface area contributed by atoms with E-state index < -0.39 is 0 Å². The van der Waals surface area contributed by atoms with Gasteiger partial charge in [-0.25, -0.2) is 0 Å². The minimum atomic E-state index is -0.164. The Hall–Kier alpha value is -1.66. The molecule has 2 rings (SSSR count). The van der Waals surface area contributed by atoms with Crippen LogP contribution in [0, 0.1) is 0 Å². The van der Waals surface area contributed by atoms with Crippen molar-refractivity contribution in [1.29, 1.82) is 0 Å². The zero-order chi connectivity index (χ0) is 15.2. The summed E-state index contributed by atoms with van der Waals surface area (Å²) in [6, 6.07) is 7.51. The largest absolute Gasteiger partial charge is 0.374 e. The lowest BCUT2D eigenvalue weighted by Crippen LogP contribution is -2.26. The van der Waals surface area contributed by atoms with Gasteiger partial charge in [0.15, 0.2) is 0 Å². The van der Waals surface area contributed by atoms with Crippen molar-refractivity contribution in [1.82, 2.24) is 15.5 Å². The molecule has 0 bridgehead atoms. The summed E-state index contributed by atoms with van der Waals surface area (Å²) in [6.45, 7) is 1.87. The first-order chi connectivity index (χ1) is 10.0. The molecule has 7 heteroatoms. The molecule has 1 amide bonds. The van der Waals surface area contributed by atoms with Crippen molar-refractivity contribution in [3.8, 4) is 0 Å². The van der Waals surface area contributed by atoms with Crippen LogP contribution in [-0.2, 0) is 11.2 Å². The number of nitrogens with two attached hydrogens (primary N) is 1. The fourth-order valence-corrected chi connectivity index (χ4v) is 2.64. The van der Waals surface area contributed by atoms with Crippen molar-refractivity contribution in [3.05, 3.63) is 39.9 Å². The third-order valence-electron chi connectivity index (χ3n) is 2.99.